The van der Waals surface area contributed by atoms with Gasteiger partial charge in [0.15, 0.2) is 11.0 Å². The predicted octanol–water partition coefficient (Wildman–Crippen LogP) is 3.96. The first kappa shape index (κ1) is 17.5. The largest absolute Gasteiger partial charge is 0.353 e. The first-order valence-corrected chi connectivity index (χ1v) is 10.5. The number of aromatic nitrogens is 3. The fourth-order valence-electron chi connectivity index (χ4n) is 3.06. The minimum absolute atomic E-state index is 0.107. The van der Waals surface area contributed by atoms with Crippen LogP contribution < -0.4 is 5.32 Å². The molecule has 24 heavy (non-hydrogen) atoms. The van der Waals surface area contributed by atoms with Gasteiger partial charge >= 0.3 is 0 Å². The summed E-state index contributed by atoms with van der Waals surface area (Å²) in [5, 5.41) is 14.7. The summed E-state index contributed by atoms with van der Waals surface area (Å²) in [6, 6.07) is 4.45. The molecule has 2 aromatic rings. The maximum absolute atomic E-state index is 12.2. The summed E-state index contributed by atoms with van der Waals surface area (Å²) < 4.78 is 2.13. The standard InChI is InChI=1S/C17H24N4OS2/c1-2-10-21-16(14-9-6-11-23-14)19-20-17(21)24-12-15(22)18-13-7-4-3-5-8-13/h6,9,11,13H,2-5,7-8,10,12H2,1H3,(H,18,22). The van der Waals surface area contributed by atoms with E-state index in [1.165, 1.54) is 31.0 Å². The smallest absolute Gasteiger partial charge is 0.230 e. The summed E-state index contributed by atoms with van der Waals surface area (Å²) in [6.07, 6.45) is 7.00. The van der Waals surface area contributed by atoms with Crippen LogP contribution in [0.4, 0.5) is 0 Å². The van der Waals surface area contributed by atoms with Gasteiger partial charge in [-0.2, -0.15) is 0 Å². The van der Waals surface area contributed by atoms with E-state index in [1.54, 1.807) is 11.3 Å². The van der Waals surface area contributed by atoms with E-state index in [4.69, 9.17) is 0 Å². The molecule has 2 heterocycles. The van der Waals surface area contributed by atoms with Crippen LogP contribution in [0, 0.1) is 0 Å². The number of thioether (sulfide) groups is 1. The lowest BCUT2D eigenvalue weighted by Gasteiger charge is -2.22. The van der Waals surface area contributed by atoms with E-state index >= 15 is 0 Å². The average Bonchev–Trinajstić information content (AvgIpc) is 3.24. The molecule has 1 N–H and O–H groups in total. The molecule has 1 saturated carbocycles. The molecular formula is C17H24N4OS2. The minimum atomic E-state index is 0.107. The van der Waals surface area contributed by atoms with Gasteiger partial charge in [-0.05, 0) is 30.7 Å². The molecule has 0 atom stereocenters. The number of carbonyl (C=O) groups excluding carboxylic acids is 1. The van der Waals surface area contributed by atoms with Crippen LogP contribution in [0.15, 0.2) is 22.7 Å². The van der Waals surface area contributed by atoms with E-state index in [1.807, 2.05) is 11.4 Å². The Hall–Kier alpha value is -1.34. The van der Waals surface area contributed by atoms with E-state index < -0.39 is 0 Å². The molecule has 1 amide bonds. The summed E-state index contributed by atoms with van der Waals surface area (Å²) in [5.41, 5.74) is 0. The van der Waals surface area contributed by atoms with Crippen LogP contribution in [-0.2, 0) is 11.3 Å². The summed E-state index contributed by atoms with van der Waals surface area (Å²) in [5.74, 6) is 1.42. The quantitative estimate of drug-likeness (QED) is 0.756. The Labute approximate surface area is 151 Å². The highest BCUT2D eigenvalue weighted by Gasteiger charge is 2.18. The molecule has 1 aliphatic rings. The number of nitrogens with one attached hydrogen (secondary N) is 1. The topological polar surface area (TPSA) is 59.8 Å². The maximum Gasteiger partial charge on any atom is 0.230 e. The highest BCUT2D eigenvalue weighted by atomic mass is 32.2. The second-order valence-corrected chi connectivity index (χ2v) is 8.02. The van der Waals surface area contributed by atoms with Gasteiger partial charge in [-0.15, -0.1) is 21.5 Å². The van der Waals surface area contributed by atoms with Gasteiger partial charge in [0.05, 0.1) is 10.6 Å². The van der Waals surface area contributed by atoms with Crippen molar-refractivity contribution in [2.75, 3.05) is 5.75 Å². The van der Waals surface area contributed by atoms with Crippen LogP contribution >= 0.6 is 23.1 Å². The Morgan fingerprint density at radius 2 is 2.21 bits per heavy atom. The van der Waals surface area contributed by atoms with Crippen molar-refractivity contribution in [2.45, 2.75) is 63.2 Å². The zero-order valence-electron chi connectivity index (χ0n) is 14.0. The maximum atomic E-state index is 12.2. The molecule has 0 radical (unpaired) electrons. The number of rotatable bonds is 7. The Morgan fingerprint density at radius 3 is 2.92 bits per heavy atom. The van der Waals surface area contributed by atoms with Gasteiger partial charge in [0.1, 0.15) is 0 Å². The molecule has 0 saturated heterocycles. The van der Waals surface area contributed by atoms with Crippen LogP contribution in [-0.4, -0.2) is 32.5 Å². The first-order chi connectivity index (χ1) is 11.8. The second-order valence-electron chi connectivity index (χ2n) is 6.13. The van der Waals surface area contributed by atoms with Gasteiger partial charge in [0.2, 0.25) is 5.91 Å². The van der Waals surface area contributed by atoms with E-state index in [9.17, 15) is 4.79 Å². The molecule has 0 unspecified atom stereocenters. The van der Waals surface area contributed by atoms with Gasteiger partial charge in [-0.1, -0.05) is 44.0 Å². The third-order valence-corrected chi connectivity index (χ3v) is 6.04. The molecule has 2 aromatic heterocycles. The average molecular weight is 365 g/mol. The summed E-state index contributed by atoms with van der Waals surface area (Å²) >= 11 is 3.15. The van der Waals surface area contributed by atoms with Crippen LogP contribution in [0.3, 0.4) is 0 Å². The van der Waals surface area contributed by atoms with E-state index in [2.05, 4.69) is 33.1 Å². The van der Waals surface area contributed by atoms with E-state index in [0.717, 1.165) is 41.7 Å². The minimum Gasteiger partial charge on any atom is -0.353 e. The van der Waals surface area contributed by atoms with Gasteiger partial charge in [-0.25, -0.2) is 0 Å². The van der Waals surface area contributed by atoms with Crippen molar-refractivity contribution in [1.29, 1.82) is 0 Å². The number of thiophene rings is 1. The molecular weight excluding hydrogens is 340 g/mol. The summed E-state index contributed by atoms with van der Waals surface area (Å²) in [7, 11) is 0. The zero-order chi connectivity index (χ0) is 16.8. The highest BCUT2D eigenvalue weighted by Crippen LogP contribution is 2.27. The molecule has 0 bridgehead atoms. The van der Waals surface area contributed by atoms with Crippen LogP contribution in [0.2, 0.25) is 0 Å². The third kappa shape index (κ3) is 4.39. The second kappa shape index (κ2) is 8.67. The lowest BCUT2D eigenvalue weighted by atomic mass is 9.95. The SMILES string of the molecule is CCCn1c(SCC(=O)NC2CCCCC2)nnc1-c1cccs1. The normalized spacial score (nSPS) is 15.5. The van der Waals surface area contributed by atoms with Crippen molar-refractivity contribution in [3.63, 3.8) is 0 Å². The van der Waals surface area contributed by atoms with Crippen LogP contribution in [0.5, 0.6) is 0 Å². The Kier molecular flexibility index (Phi) is 6.31. The number of nitrogens with zero attached hydrogens (tertiary/aromatic N) is 3. The molecule has 1 aliphatic carbocycles. The number of amides is 1. The van der Waals surface area contributed by atoms with Gasteiger partial charge in [-0.3, -0.25) is 4.79 Å². The molecule has 0 spiro atoms. The zero-order valence-corrected chi connectivity index (χ0v) is 15.7. The van der Waals surface area contributed by atoms with Gasteiger partial charge in [0, 0.05) is 12.6 Å². The first-order valence-electron chi connectivity index (χ1n) is 8.67. The molecule has 5 nitrogen and oxygen atoms in total. The molecule has 3 rings (SSSR count). The van der Waals surface area contributed by atoms with Crippen LogP contribution in [0.1, 0.15) is 45.4 Å². The van der Waals surface area contributed by atoms with Crippen LogP contribution in [0.25, 0.3) is 10.7 Å². The number of carbonyl (C=O) groups is 1. The summed E-state index contributed by atoms with van der Waals surface area (Å²) in [4.78, 5) is 13.3. The number of hydrogen-bond donors (Lipinski definition) is 1. The van der Waals surface area contributed by atoms with Crippen molar-refractivity contribution >= 4 is 29.0 Å². The lowest BCUT2D eigenvalue weighted by molar-refractivity contribution is -0.119. The Morgan fingerprint density at radius 1 is 1.38 bits per heavy atom. The molecule has 0 aliphatic heterocycles. The molecule has 7 heteroatoms. The molecule has 0 aromatic carbocycles. The highest BCUT2D eigenvalue weighted by molar-refractivity contribution is 7.99. The molecule has 130 valence electrons. The van der Waals surface area contributed by atoms with Crippen molar-refractivity contribution < 1.29 is 4.79 Å². The Bertz CT molecular complexity index is 648. The summed E-state index contributed by atoms with van der Waals surface area (Å²) in [6.45, 7) is 3.01. The van der Waals surface area contributed by atoms with Crippen molar-refractivity contribution in [2.24, 2.45) is 0 Å². The number of hydrogen-bond acceptors (Lipinski definition) is 5. The fourth-order valence-corrected chi connectivity index (χ4v) is 4.55. The van der Waals surface area contributed by atoms with Crippen molar-refractivity contribution in [1.82, 2.24) is 20.1 Å². The monoisotopic (exact) mass is 364 g/mol. The lowest BCUT2D eigenvalue weighted by Crippen LogP contribution is -2.37. The van der Waals surface area contributed by atoms with Crippen molar-refractivity contribution in [3.05, 3.63) is 17.5 Å². The fraction of sp³-hybridized carbons (Fsp3) is 0.588. The molecule has 1 fully saturated rings. The Balaban J connectivity index is 1.61. The van der Waals surface area contributed by atoms with Gasteiger partial charge < -0.3 is 9.88 Å². The third-order valence-electron chi connectivity index (χ3n) is 4.21. The van der Waals surface area contributed by atoms with Gasteiger partial charge in [0.25, 0.3) is 0 Å². The predicted molar refractivity (Wildman–Crippen MR) is 99.4 cm³/mol. The van der Waals surface area contributed by atoms with E-state index in [0.29, 0.717) is 11.8 Å². The van der Waals surface area contributed by atoms with E-state index in [-0.39, 0.29) is 5.91 Å². The van der Waals surface area contributed by atoms with Crippen molar-refractivity contribution in [3.8, 4) is 10.7 Å².